The molecule has 4 heteroatoms. The third-order valence-electron chi connectivity index (χ3n) is 11.8. The second-order valence-corrected chi connectivity index (χ2v) is 14.9. The second kappa shape index (κ2) is 12.2. The van der Waals surface area contributed by atoms with Crippen molar-refractivity contribution >= 4 is 21.9 Å². The van der Waals surface area contributed by atoms with Crippen molar-refractivity contribution in [2.75, 3.05) is 0 Å². The zero-order valence-corrected chi connectivity index (χ0v) is 30.7. The average molecular weight is 729 g/mol. The maximum atomic E-state index is 6.71. The van der Waals surface area contributed by atoms with Crippen LogP contribution in [0.4, 0.5) is 0 Å². The molecule has 4 nitrogen and oxygen atoms in total. The summed E-state index contributed by atoms with van der Waals surface area (Å²) < 4.78 is 13.0. The number of para-hydroxylation sites is 2. The van der Waals surface area contributed by atoms with Gasteiger partial charge in [-0.2, -0.15) is 0 Å². The monoisotopic (exact) mass is 728 g/mol. The van der Waals surface area contributed by atoms with Crippen LogP contribution < -0.4 is 4.74 Å². The minimum atomic E-state index is -0.530. The van der Waals surface area contributed by atoms with Crippen molar-refractivity contribution in [1.29, 1.82) is 0 Å². The van der Waals surface area contributed by atoms with E-state index in [9.17, 15) is 0 Å². The number of aromatic nitrogens is 2. The van der Waals surface area contributed by atoms with Crippen LogP contribution in [0.3, 0.4) is 0 Å². The van der Waals surface area contributed by atoms with Crippen LogP contribution in [0.1, 0.15) is 22.3 Å². The fraction of sp³-hybridized carbons (Fsp3) is 0.0189. The molecule has 2 aliphatic rings. The van der Waals surface area contributed by atoms with E-state index in [1.54, 1.807) is 0 Å². The maximum absolute atomic E-state index is 6.71. The molecule has 0 fully saturated rings. The molecule has 1 aliphatic carbocycles. The van der Waals surface area contributed by atoms with Crippen molar-refractivity contribution in [3.63, 3.8) is 0 Å². The number of rotatable bonds is 4. The highest BCUT2D eigenvalue weighted by Gasteiger charge is 2.51. The van der Waals surface area contributed by atoms with Gasteiger partial charge in [0.05, 0.1) is 16.8 Å². The van der Waals surface area contributed by atoms with Gasteiger partial charge in [-0.1, -0.05) is 146 Å². The highest BCUT2D eigenvalue weighted by molar-refractivity contribution is 6.05. The molecule has 0 atom stereocenters. The average Bonchev–Trinajstić information content (AvgIpc) is 3.80. The maximum Gasteiger partial charge on any atom is 0.160 e. The molecule has 0 saturated carbocycles. The number of nitrogens with zero attached hydrogens (tertiary/aromatic N) is 2. The number of fused-ring (bicyclic) bond motifs is 12. The molecule has 0 unspecified atom stereocenters. The molecule has 12 rings (SSSR count). The molecule has 0 N–H and O–H groups in total. The Bertz CT molecular complexity index is 3190. The van der Waals surface area contributed by atoms with Crippen molar-refractivity contribution in [1.82, 2.24) is 9.97 Å². The molecule has 0 radical (unpaired) electrons. The molecule has 57 heavy (non-hydrogen) atoms. The summed E-state index contributed by atoms with van der Waals surface area (Å²) in [4.78, 5) is 10.3. The van der Waals surface area contributed by atoms with E-state index in [0.29, 0.717) is 5.82 Å². The van der Waals surface area contributed by atoms with Gasteiger partial charge in [-0.05, 0) is 81.9 Å². The Hall–Kier alpha value is -7.56. The molecule has 0 saturated heterocycles. The Morgan fingerprint density at radius 1 is 0.351 bits per heavy atom. The van der Waals surface area contributed by atoms with Gasteiger partial charge in [-0.15, -0.1) is 0 Å². The number of benzene rings is 8. The van der Waals surface area contributed by atoms with Crippen LogP contribution in [-0.2, 0) is 5.41 Å². The molecule has 0 amide bonds. The van der Waals surface area contributed by atoms with Gasteiger partial charge in [0.25, 0.3) is 0 Å². The largest absolute Gasteiger partial charge is 0.457 e. The fourth-order valence-corrected chi connectivity index (χ4v) is 9.24. The third-order valence-corrected chi connectivity index (χ3v) is 11.8. The molecule has 0 bridgehead atoms. The SMILES string of the molecule is c1ccc(-c2nc(-c3cccc(-c4ccc5c(c4)C4(c6ccccc6O5)c5ccccc5-c5ccccc54)c3)cc(-c3ccc4c(c3)oc3ccccc34)n2)cc1. The Kier molecular flexibility index (Phi) is 6.81. The van der Waals surface area contributed by atoms with E-state index in [1.165, 1.54) is 22.3 Å². The first-order valence-electron chi connectivity index (χ1n) is 19.3. The van der Waals surface area contributed by atoms with Crippen molar-refractivity contribution in [2.45, 2.75) is 5.41 Å². The van der Waals surface area contributed by atoms with Gasteiger partial charge in [0.2, 0.25) is 0 Å². The normalized spacial score (nSPS) is 13.2. The number of furan rings is 1. The van der Waals surface area contributed by atoms with Crippen LogP contribution in [-0.4, -0.2) is 9.97 Å². The van der Waals surface area contributed by atoms with E-state index >= 15 is 0 Å². The van der Waals surface area contributed by atoms with Gasteiger partial charge in [0.15, 0.2) is 5.82 Å². The second-order valence-electron chi connectivity index (χ2n) is 14.9. The fourth-order valence-electron chi connectivity index (χ4n) is 9.24. The van der Waals surface area contributed by atoms with E-state index in [1.807, 2.05) is 36.4 Å². The summed E-state index contributed by atoms with van der Waals surface area (Å²) in [5.41, 5.74) is 15.3. The van der Waals surface area contributed by atoms with Crippen molar-refractivity contribution in [3.8, 4) is 67.7 Å². The molecule has 1 spiro atoms. The Morgan fingerprint density at radius 2 is 0.930 bits per heavy atom. The minimum Gasteiger partial charge on any atom is -0.457 e. The van der Waals surface area contributed by atoms with Crippen molar-refractivity contribution in [2.24, 2.45) is 0 Å². The Balaban J connectivity index is 1.02. The zero-order valence-electron chi connectivity index (χ0n) is 30.7. The van der Waals surface area contributed by atoms with E-state index < -0.39 is 5.41 Å². The molecule has 3 heterocycles. The lowest BCUT2D eigenvalue weighted by Gasteiger charge is -2.39. The molecule has 8 aromatic carbocycles. The summed E-state index contributed by atoms with van der Waals surface area (Å²) in [6.07, 6.45) is 0. The first kappa shape index (κ1) is 31.8. The zero-order chi connectivity index (χ0) is 37.5. The summed E-state index contributed by atoms with van der Waals surface area (Å²) in [7, 11) is 0. The van der Waals surface area contributed by atoms with Crippen LogP contribution in [0.15, 0.2) is 199 Å². The van der Waals surface area contributed by atoms with Crippen LogP contribution in [0.5, 0.6) is 11.5 Å². The predicted octanol–water partition coefficient (Wildman–Crippen LogP) is 13.5. The third kappa shape index (κ3) is 4.74. The highest BCUT2D eigenvalue weighted by atomic mass is 16.5. The van der Waals surface area contributed by atoms with Gasteiger partial charge in [0.1, 0.15) is 22.7 Å². The summed E-state index contributed by atoms with van der Waals surface area (Å²) in [6.45, 7) is 0. The summed E-state index contributed by atoms with van der Waals surface area (Å²) in [5.74, 6) is 2.43. The first-order valence-corrected chi connectivity index (χ1v) is 19.3. The van der Waals surface area contributed by atoms with Crippen LogP contribution in [0, 0.1) is 0 Å². The highest BCUT2D eigenvalue weighted by Crippen LogP contribution is 2.62. The van der Waals surface area contributed by atoms with Gasteiger partial charge >= 0.3 is 0 Å². The topological polar surface area (TPSA) is 48.2 Å². The smallest absolute Gasteiger partial charge is 0.160 e. The lowest BCUT2D eigenvalue weighted by atomic mass is 9.66. The first-order chi connectivity index (χ1) is 28.2. The molecular formula is C53H32N2O2. The molecular weight excluding hydrogens is 697 g/mol. The lowest BCUT2D eigenvalue weighted by Crippen LogP contribution is -2.32. The summed E-state index contributed by atoms with van der Waals surface area (Å²) in [6, 6.07) is 68.3. The Morgan fingerprint density at radius 3 is 1.74 bits per heavy atom. The lowest BCUT2D eigenvalue weighted by molar-refractivity contribution is 0.436. The number of ether oxygens (including phenoxy) is 1. The van der Waals surface area contributed by atoms with Crippen LogP contribution in [0.25, 0.3) is 78.1 Å². The Labute approximate surface area is 329 Å². The van der Waals surface area contributed by atoms with E-state index in [4.69, 9.17) is 19.1 Å². The van der Waals surface area contributed by atoms with Gasteiger partial charge in [-0.3, -0.25) is 0 Å². The van der Waals surface area contributed by atoms with Crippen LogP contribution >= 0.6 is 0 Å². The van der Waals surface area contributed by atoms with Crippen molar-refractivity contribution < 1.29 is 9.15 Å². The van der Waals surface area contributed by atoms with E-state index in [-0.39, 0.29) is 0 Å². The van der Waals surface area contributed by atoms with Gasteiger partial charge in [0, 0.05) is 38.6 Å². The number of hydrogen-bond acceptors (Lipinski definition) is 4. The quantitative estimate of drug-likeness (QED) is 0.181. The standard InChI is InChI=1S/C53H32N2O2/c1-2-13-33(14-3-1)52-54-46(32-47(55-52)37-25-27-41-40-19-6-10-23-48(40)56-51(41)31-37)36-16-12-15-34(29-36)35-26-28-50-45(30-35)53(44-22-9-11-24-49(44)57-50)42-20-7-4-17-38(42)39-18-5-8-21-43(39)53/h1-32H. The predicted molar refractivity (Wildman–Crippen MR) is 228 cm³/mol. The summed E-state index contributed by atoms with van der Waals surface area (Å²) in [5, 5.41) is 2.19. The van der Waals surface area contributed by atoms with Crippen molar-refractivity contribution in [3.05, 3.63) is 216 Å². The molecule has 1 aliphatic heterocycles. The van der Waals surface area contributed by atoms with Gasteiger partial charge < -0.3 is 9.15 Å². The van der Waals surface area contributed by atoms with Gasteiger partial charge in [-0.25, -0.2) is 9.97 Å². The molecule has 2 aromatic heterocycles. The molecule has 266 valence electrons. The minimum absolute atomic E-state index is 0.530. The molecule has 10 aromatic rings. The summed E-state index contributed by atoms with van der Waals surface area (Å²) >= 11 is 0. The van der Waals surface area contributed by atoms with E-state index in [0.717, 1.165) is 83.8 Å². The number of hydrogen-bond donors (Lipinski definition) is 0. The van der Waals surface area contributed by atoms with E-state index in [2.05, 4.69) is 158 Å². The van der Waals surface area contributed by atoms with Crippen LogP contribution in [0.2, 0.25) is 0 Å².